The fourth-order valence-electron chi connectivity index (χ4n) is 2.07. The van der Waals surface area contributed by atoms with Gasteiger partial charge in [-0.15, -0.1) is 0 Å². The Bertz CT molecular complexity index is 542. The molecule has 0 amide bonds. The summed E-state index contributed by atoms with van der Waals surface area (Å²) in [6.07, 6.45) is 2.53. The van der Waals surface area contributed by atoms with Gasteiger partial charge in [0, 0.05) is 12.6 Å². The molecule has 0 atom stereocenters. The highest BCUT2D eigenvalue weighted by atomic mass is 35.5. The summed E-state index contributed by atoms with van der Waals surface area (Å²) in [5, 5.41) is 9.11. The van der Waals surface area contributed by atoms with E-state index in [0.29, 0.717) is 35.3 Å². The van der Waals surface area contributed by atoms with E-state index in [9.17, 15) is 4.79 Å². The molecule has 0 saturated heterocycles. The summed E-state index contributed by atoms with van der Waals surface area (Å²) in [5.41, 5.74) is 0.650. The minimum atomic E-state index is -1.02. The first kappa shape index (κ1) is 19.3. The van der Waals surface area contributed by atoms with Crippen molar-refractivity contribution in [2.45, 2.75) is 20.8 Å². The van der Waals surface area contributed by atoms with Crippen LogP contribution < -0.4 is 9.47 Å². The first-order valence-electron chi connectivity index (χ1n) is 7.74. The molecule has 0 aliphatic rings. The third-order valence-electron chi connectivity index (χ3n) is 3.30. The van der Waals surface area contributed by atoms with Gasteiger partial charge in [0.1, 0.15) is 6.61 Å². The van der Waals surface area contributed by atoms with Crippen LogP contribution in [-0.2, 0) is 4.79 Å². The van der Waals surface area contributed by atoms with Crippen LogP contribution in [0.2, 0.25) is 5.02 Å². The fourth-order valence-corrected chi connectivity index (χ4v) is 2.34. The molecule has 6 heteroatoms. The number of benzene rings is 1. The van der Waals surface area contributed by atoms with Crippen molar-refractivity contribution in [1.82, 2.24) is 4.90 Å². The van der Waals surface area contributed by atoms with E-state index in [0.717, 1.165) is 25.7 Å². The van der Waals surface area contributed by atoms with Gasteiger partial charge in [-0.3, -0.25) is 0 Å². The monoisotopic (exact) mass is 341 g/mol. The van der Waals surface area contributed by atoms with Gasteiger partial charge in [0.15, 0.2) is 11.5 Å². The van der Waals surface area contributed by atoms with Crippen molar-refractivity contribution in [2.24, 2.45) is 0 Å². The Morgan fingerprint density at radius 3 is 2.52 bits per heavy atom. The number of hydrogen-bond acceptors (Lipinski definition) is 4. The zero-order valence-corrected chi connectivity index (χ0v) is 14.6. The number of carbonyl (C=O) groups is 1. The molecule has 0 heterocycles. The number of carboxylic acid groups (broad SMARTS) is 1. The standard InChI is InChI=1S/C17H24ClNO4/c1-4-19(5-2)9-10-23-17-14(18)11-13(7-8-16(20)21)12-15(17)22-6-3/h7-8,11-12H,4-6,9-10H2,1-3H3,(H,20,21). The number of hydrogen-bond donors (Lipinski definition) is 1. The number of ether oxygens (including phenoxy) is 2. The van der Waals surface area contributed by atoms with Crippen molar-refractivity contribution in [3.63, 3.8) is 0 Å². The molecule has 0 aromatic heterocycles. The molecule has 1 aromatic carbocycles. The van der Waals surface area contributed by atoms with Crippen molar-refractivity contribution in [3.05, 3.63) is 28.8 Å². The van der Waals surface area contributed by atoms with Crippen LogP contribution in [0.4, 0.5) is 0 Å². The van der Waals surface area contributed by atoms with Crippen molar-refractivity contribution >= 4 is 23.6 Å². The average molecular weight is 342 g/mol. The second-order valence-electron chi connectivity index (χ2n) is 4.81. The van der Waals surface area contributed by atoms with Gasteiger partial charge >= 0.3 is 5.97 Å². The first-order valence-corrected chi connectivity index (χ1v) is 8.12. The molecule has 0 aliphatic heterocycles. The lowest BCUT2D eigenvalue weighted by atomic mass is 10.2. The summed E-state index contributed by atoms with van der Waals surface area (Å²) in [7, 11) is 0. The molecule has 1 N–H and O–H groups in total. The molecule has 23 heavy (non-hydrogen) atoms. The number of likely N-dealkylation sites (N-methyl/N-ethyl adjacent to an activating group) is 1. The van der Waals surface area contributed by atoms with E-state index in [2.05, 4.69) is 18.7 Å². The third kappa shape index (κ3) is 6.50. The van der Waals surface area contributed by atoms with E-state index < -0.39 is 5.97 Å². The van der Waals surface area contributed by atoms with Crippen LogP contribution in [0.25, 0.3) is 6.08 Å². The van der Waals surface area contributed by atoms with Crippen LogP contribution in [0.1, 0.15) is 26.3 Å². The average Bonchev–Trinajstić information content (AvgIpc) is 2.52. The summed E-state index contributed by atoms with van der Waals surface area (Å²) in [6, 6.07) is 3.39. The number of rotatable bonds is 10. The molecular formula is C17H24ClNO4. The molecule has 0 unspecified atom stereocenters. The van der Waals surface area contributed by atoms with Gasteiger partial charge in [-0.1, -0.05) is 25.4 Å². The summed E-state index contributed by atoms with van der Waals surface area (Å²) in [4.78, 5) is 12.9. The second kappa shape index (κ2) is 10.1. The smallest absolute Gasteiger partial charge is 0.328 e. The topological polar surface area (TPSA) is 59.0 Å². The van der Waals surface area contributed by atoms with Crippen LogP contribution in [0.15, 0.2) is 18.2 Å². The van der Waals surface area contributed by atoms with Gasteiger partial charge in [0.05, 0.1) is 11.6 Å². The summed E-state index contributed by atoms with van der Waals surface area (Å²) in [6.45, 7) is 9.77. The predicted octanol–water partition coefficient (Wildman–Crippen LogP) is 3.56. The summed E-state index contributed by atoms with van der Waals surface area (Å²) in [5.74, 6) is -0.00337. The van der Waals surface area contributed by atoms with Crippen LogP contribution in [0.3, 0.4) is 0 Å². The molecular weight excluding hydrogens is 318 g/mol. The quantitative estimate of drug-likeness (QED) is 0.659. The maximum Gasteiger partial charge on any atom is 0.328 e. The molecule has 128 valence electrons. The van der Waals surface area contributed by atoms with E-state index in [1.807, 2.05) is 6.92 Å². The minimum absolute atomic E-state index is 0.403. The maximum absolute atomic E-state index is 10.6. The largest absolute Gasteiger partial charge is 0.490 e. The number of aliphatic carboxylic acids is 1. The fraction of sp³-hybridized carbons (Fsp3) is 0.471. The van der Waals surface area contributed by atoms with Crippen molar-refractivity contribution in [2.75, 3.05) is 32.8 Å². The van der Waals surface area contributed by atoms with E-state index in [4.69, 9.17) is 26.2 Å². The lowest BCUT2D eigenvalue weighted by Gasteiger charge is -2.19. The van der Waals surface area contributed by atoms with E-state index in [1.165, 1.54) is 6.08 Å². The predicted molar refractivity (Wildman–Crippen MR) is 92.6 cm³/mol. The first-order chi connectivity index (χ1) is 11.0. The van der Waals surface area contributed by atoms with Gasteiger partial charge < -0.3 is 19.5 Å². The molecule has 1 aromatic rings. The van der Waals surface area contributed by atoms with Crippen molar-refractivity contribution in [3.8, 4) is 11.5 Å². The molecule has 0 radical (unpaired) electrons. The molecule has 0 spiro atoms. The Morgan fingerprint density at radius 1 is 1.26 bits per heavy atom. The summed E-state index contributed by atoms with van der Waals surface area (Å²) >= 11 is 6.27. The molecule has 1 rings (SSSR count). The Hall–Kier alpha value is -1.72. The van der Waals surface area contributed by atoms with Crippen LogP contribution >= 0.6 is 11.6 Å². The molecule has 0 aliphatic carbocycles. The Morgan fingerprint density at radius 2 is 1.96 bits per heavy atom. The second-order valence-corrected chi connectivity index (χ2v) is 5.22. The molecule has 0 fully saturated rings. The van der Waals surface area contributed by atoms with Gasteiger partial charge in [-0.05, 0) is 43.8 Å². The minimum Gasteiger partial charge on any atom is -0.490 e. The Kier molecular flexibility index (Phi) is 8.51. The van der Waals surface area contributed by atoms with Gasteiger partial charge in [-0.2, -0.15) is 0 Å². The van der Waals surface area contributed by atoms with Gasteiger partial charge in [0.25, 0.3) is 0 Å². The molecule has 0 bridgehead atoms. The van der Waals surface area contributed by atoms with Crippen molar-refractivity contribution in [1.29, 1.82) is 0 Å². The highest BCUT2D eigenvalue weighted by molar-refractivity contribution is 6.32. The van der Waals surface area contributed by atoms with E-state index in [-0.39, 0.29) is 0 Å². The molecule has 5 nitrogen and oxygen atoms in total. The molecule has 0 saturated carbocycles. The van der Waals surface area contributed by atoms with Crippen LogP contribution in [0.5, 0.6) is 11.5 Å². The van der Waals surface area contributed by atoms with Gasteiger partial charge in [0.2, 0.25) is 0 Å². The maximum atomic E-state index is 10.6. The Balaban J connectivity index is 2.90. The van der Waals surface area contributed by atoms with Crippen molar-refractivity contribution < 1.29 is 19.4 Å². The number of carboxylic acids is 1. The summed E-state index contributed by atoms with van der Waals surface area (Å²) < 4.78 is 11.4. The third-order valence-corrected chi connectivity index (χ3v) is 3.58. The zero-order chi connectivity index (χ0) is 17.2. The SMILES string of the molecule is CCOc1cc(C=CC(=O)O)cc(Cl)c1OCCN(CC)CC. The normalized spacial score (nSPS) is 11.2. The van der Waals surface area contributed by atoms with Gasteiger partial charge in [-0.25, -0.2) is 4.79 Å². The highest BCUT2D eigenvalue weighted by Crippen LogP contribution is 2.37. The number of nitrogens with zero attached hydrogens (tertiary/aromatic N) is 1. The lowest BCUT2D eigenvalue weighted by molar-refractivity contribution is -0.131. The van der Waals surface area contributed by atoms with Crippen LogP contribution in [0, 0.1) is 0 Å². The van der Waals surface area contributed by atoms with E-state index in [1.54, 1.807) is 12.1 Å². The zero-order valence-electron chi connectivity index (χ0n) is 13.8. The Labute approximate surface area is 142 Å². The number of halogens is 1. The van der Waals surface area contributed by atoms with Crippen LogP contribution in [-0.4, -0.2) is 48.8 Å². The lowest BCUT2D eigenvalue weighted by Crippen LogP contribution is -2.28. The highest BCUT2D eigenvalue weighted by Gasteiger charge is 2.12. The van der Waals surface area contributed by atoms with E-state index >= 15 is 0 Å².